The van der Waals surface area contributed by atoms with Crippen LogP contribution in [0.2, 0.25) is 0 Å². The van der Waals surface area contributed by atoms with E-state index in [0.717, 1.165) is 5.56 Å². The van der Waals surface area contributed by atoms with Crippen LogP contribution >= 0.6 is 0 Å². The highest BCUT2D eigenvalue weighted by Gasteiger charge is 2.13. The maximum Gasteiger partial charge on any atom is 0.281 e. The molecule has 0 aliphatic carbocycles. The number of ether oxygens (including phenoxy) is 1. The summed E-state index contributed by atoms with van der Waals surface area (Å²) in [5, 5.41) is 0. The van der Waals surface area contributed by atoms with Gasteiger partial charge >= 0.3 is 0 Å². The highest BCUT2D eigenvalue weighted by molar-refractivity contribution is 5.71. The van der Waals surface area contributed by atoms with Gasteiger partial charge in [0, 0.05) is 18.7 Å². The third-order valence-corrected chi connectivity index (χ3v) is 2.64. The molecule has 0 radical (unpaired) electrons. The zero-order valence-corrected chi connectivity index (χ0v) is 11.8. The number of hydrogen-bond acceptors (Lipinski definition) is 3. The lowest BCUT2D eigenvalue weighted by molar-refractivity contribution is 0.277. The largest absolute Gasteiger partial charge is 0.465 e. The SMILES string of the molecule is CN=C(N)OC[C@H](C)c1cc(N)cc(F)c1C.FCF. The molecule has 0 saturated carbocycles. The molecule has 1 rings (SSSR count). The van der Waals surface area contributed by atoms with Gasteiger partial charge < -0.3 is 16.2 Å². The maximum atomic E-state index is 13.5. The van der Waals surface area contributed by atoms with Gasteiger partial charge in [-0.05, 0) is 30.2 Å². The van der Waals surface area contributed by atoms with Crippen molar-refractivity contribution in [3.63, 3.8) is 0 Å². The zero-order chi connectivity index (χ0) is 15.7. The first kappa shape index (κ1) is 18.1. The Balaban J connectivity index is 0.00000110. The Labute approximate surface area is 116 Å². The van der Waals surface area contributed by atoms with E-state index in [0.29, 0.717) is 17.9 Å². The Hall–Kier alpha value is -1.92. The number of nitrogens with zero attached hydrogens (tertiary/aromatic N) is 1. The van der Waals surface area contributed by atoms with Gasteiger partial charge in [-0.3, -0.25) is 0 Å². The number of nitrogens with two attached hydrogens (primary N) is 2. The first-order chi connectivity index (χ1) is 9.37. The van der Waals surface area contributed by atoms with Crippen LogP contribution < -0.4 is 11.5 Å². The predicted octanol–water partition coefficient (Wildman–Crippen LogP) is 2.66. The van der Waals surface area contributed by atoms with Gasteiger partial charge in [0.15, 0.2) is 0 Å². The van der Waals surface area contributed by atoms with Gasteiger partial charge in [-0.15, -0.1) is 0 Å². The number of amidine groups is 1. The number of alkyl halides is 2. The quantitative estimate of drug-likeness (QED) is 0.511. The summed E-state index contributed by atoms with van der Waals surface area (Å²) in [7, 11) is 1.55. The molecule has 0 amide bonds. The molecular weight excluding hydrogens is 271 g/mol. The maximum absolute atomic E-state index is 13.5. The van der Waals surface area contributed by atoms with Crippen LogP contribution in [-0.4, -0.2) is 26.6 Å². The number of halogens is 3. The molecule has 0 unspecified atom stereocenters. The van der Waals surface area contributed by atoms with Crippen molar-refractivity contribution in [3.8, 4) is 0 Å². The molecule has 0 spiro atoms. The number of benzene rings is 1. The van der Waals surface area contributed by atoms with Gasteiger partial charge in [-0.25, -0.2) is 18.2 Å². The number of anilines is 1. The zero-order valence-electron chi connectivity index (χ0n) is 11.8. The van der Waals surface area contributed by atoms with Crippen LogP contribution in [0.25, 0.3) is 0 Å². The molecule has 1 aromatic carbocycles. The lowest BCUT2D eigenvalue weighted by atomic mass is 9.96. The van der Waals surface area contributed by atoms with Crippen LogP contribution in [0.4, 0.5) is 18.9 Å². The second kappa shape index (κ2) is 9.06. The summed E-state index contributed by atoms with van der Waals surface area (Å²) < 4.78 is 38.0. The van der Waals surface area contributed by atoms with Gasteiger partial charge in [-0.2, -0.15) is 0 Å². The summed E-state index contributed by atoms with van der Waals surface area (Å²) >= 11 is 0. The lowest BCUT2D eigenvalue weighted by Gasteiger charge is -2.16. The number of aliphatic imine (C=N–C) groups is 1. The Morgan fingerprint density at radius 2 is 1.95 bits per heavy atom. The van der Waals surface area contributed by atoms with Crippen molar-refractivity contribution in [2.24, 2.45) is 10.7 Å². The van der Waals surface area contributed by atoms with Crippen LogP contribution in [0.3, 0.4) is 0 Å². The van der Waals surface area contributed by atoms with E-state index < -0.39 is 6.93 Å². The van der Waals surface area contributed by atoms with Crippen LogP contribution in [0.15, 0.2) is 17.1 Å². The molecule has 4 nitrogen and oxygen atoms in total. The minimum Gasteiger partial charge on any atom is -0.465 e. The van der Waals surface area contributed by atoms with Crippen molar-refractivity contribution in [1.29, 1.82) is 0 Å². The van der Waals surface area contributed by atoms with E-state index in [-0.39, 0.29) is 17.8 Å². The van der Waals surface area contributed by atoms with Crippen LogP contribution in [0.1, 0.15) is 24.0 Å². The third-order valence-electron chi connectivity index (χ3n) is 2.64. The predicted molar refractivity (Wildman–Crippen MR) is 74.5 cm³/mol. The van der Waals surface area contributed by atoms with Crippen molar-refractivity contribution in [3.05, 3.63) is 29.1 Å². The van der Waals surface area contributed by atoms with E-state index in [4.69, 9.17) is 16.2 Å². The topological polar surface area (TPSA) is 73.6 Å². The summed E-state index contributed by atoms with van der Waals surface area (Å²) in [6.45, 7) is 2.23. The van der Waals surface area contributed by atoms with Crippen molar-refractivity contribution in [2.75, 3.05) is 26.3 Å². The van der Waals surface area contributed by atoms with Gasteiger partial charge in [0.25, 0.3) is 6.02 Å². The second-order valence-electron chi connectivity index (χ2n) is 4.09. The fourth-order valence-corrected chi connectivity index (χ4v) is 1.60. The number of nitrogen functional groups attached to an aromatic ring is 1. The van der Waals surface area contributed by atoms with Crippen molar-refractivity contribution in [2.45, 2.75) is 19.8 Å². The van der Waals surface area contributed by atoms with Crippen LogP contribution in [0.5, 0.6) is 0 Å². The van der Waals surface area contributed by atoms with Crippen molar-refractivity contribution < 1.29 is 17.9 Å². The smallest absolute Gasteiger partial charge is 0.281 e. The molecule has 20 heavy (non-hydrogen) atoms. The Kier molecular flexibility index (Phi) is 8.19. The molecule has 0 heterocycles. The molecule has 0 aromatic heterocycles. The summed E-state index contributed by atoms with van der Waals surface area (Å²) in [6.07, 6.45) is 0. The van der Waals surface area contributed by atoms with E-state index in [1.54, 1.807) is 20.0 Å². The molecule has 0 aliphatic heterocycles. The van der Waals surface area contributed by atoms with Gasteiger partial charge in [0.1, 0.15) is 5.82 Å². The minimum atomic E-state index is -1.75. The summed E-state index contributed by atoms with van der Waals surface area (Å²) in [6, 6.07) is 3.19. The molecular formula is C13H20F3N3O. The third kappa shape index (κ3) is 5.81. The Bertz CT molecular complexity index is 453. The second-order valence-corrected chi connectivity index (χ2v) is 4.09. The average Bonchev–Trinajstić information content (AvgIpc) is 2.40. The molecule has 0 saturated heterocycles. The number of rotatable bonds is 3. The van der Waals surface area contributed by atoms with Gasteiger partial charge in [0.2, 0.25) is 6.93 Å². The lowest BCUT2D eigenvalue weighted by Crippen LogP contribution is -2.19. The fourth-order valence-electron chi connectivity index (χ4n) is 1.60. The monoisotopic (exact) mass is 291 g/mol. The van der Waals surface area contributed by atoms with Gasteiger partial charge in [0.05, 0.1) is 6.61 Å². The van der Waals surface area contributed by atoms with Crippen LogP contribution in [0, 0.1) is 12.7 Å². The molecule has 1 aromatic rings. The normalized spacial score (nSPS) is 12.4. The molecule has 4 N–H and O–H groups in total. The highest BCUT2D eigenvalue weighted by atomic mass is 19.3. The van der Waals surface area contributed by atoms with Crippen molar-refractivity contribution >= 4 is 11.7 Å². The first-order valence-electron chi connectivity index (χ1n) is 5.89. The van der Waals surface area contributed by atoms with E-state index in [9.17, 15) is 13.2 Å². The molecule has 0 bridgehead atoms. The molecule has 0 aliphatic rings. The fraction of sp³-hybridized carbons (Fsp3) is 0.462. The van der Waals surface area contributed by atoms with Crippen LogP contribution in [-0.2, 0) is 4.74 Å². The summed E-state index contributed by atoms with van der Waals surface area (Å²) in [5.41, 5.74) is 12.9. The van der Waals surface area contributed by atoms with E-state index in [1.807, 2.05) is 6.92 Å². The van der Waals surface area contributed by atoms with E-state index >= 15 is 0 Å². The number of hydrogen-bond donors (Lipinski definition) is 2. The highest BCUT2D eigenvalue weighted by Crippen LogP contribution is 2.24. The molecule has 1 atom stereocenters. The first-order valence-corrected chi connectivity index (χ1v) is 5.89. The molecule has 0 fully saturated rings. The minimum absolute atomic E-state index is 0.00620. The van der Waals surface area contributed by atoms with E-state index in [2.05, 4.69) is 4.99 Å². The summed E-state index contributed by atoms with van der Waals surface area (Å²) in [5.74, 6) is -0.308. The average molecular weight is 291 g/mol. The molecule has 114 valence electrons. The van der Waals surface area contributed by atoms with Gasteiger partial charge in [-0.1, -0.05) is 6.92 Å². The Morgan fingerprint density at radius 1 is 1.40 bits per heavy atom. The standard InChI is InChI=1S/C12H18FN3O.CH2F2/c1-7(6-17-12(15)16-3)10-4-9(14)5-11(13)8(10)2;2-1-3/h4-5,7H,6,14H2,1-3H3,(H2,15,16);1H2/t7-;/m0./s1. The van der Waals surface area contributed by atoms with Crippen molar-refractivity contribution in [1.82, 2.24) is 0 Å². The summed E-state index contributed by atoms with van der Waals surface area (Å²) in [4.78, 5) is 3.69. The Morgan fingerprint density at radius 3 is 2.45 bits per heavy atom. The van der Waals surface area contributed by atoms with E-state index in [1.165, 1.54) is 6.07 Å². The molecule has 7 heteroatoms.